The second kappa shape index (κ2) is 9.44. The Kier molecular flexibility index (Phi) is 6.64. The minimum absolute atomic E-state index is 0.00196. The summed E-state index contributed by atoms with van der Waals surface area (Å²) in [6.07, 6.45) is 6.17. The monoisotopic (exact) mass is 460 g/mol. The lowest BCUT2D eigenvalue weighted by molar-refractivity contribution is -0.133. The lowest BCUT2D eigenvalue weighted by atomic mass is 9.99. The van der Waals surface area contributed by atoms with Gasteiger partial charge in [-0.3, -0.25) is 4.79 Å². The summed E-state index contributed by atoms with van der Waals surface area (Å²) in [4.78, 5) is 19.0. The Bertz CT molecular complexity index is 1040. The van der Waals surface area contributed by atoms with Crippen LogP contribution in [0.2, 0.25) is 0 Å². The minimum Gasteiger partial charge on any atom is -0.492 e. The molecule has 1 saturated carbocycles. The molecule has 1 aliphatic carbocycles. The third kappa shape index (κ3) is 4.57. The molecule has 1 aliphatic heterocycles. The maximum absolute atomic E-state index is 14.9. The summed E-state index contributed by atoms with van der Waals surface area (Å²) >= 11 is 0. The highest BCUT2D eigenvalue weighted by Gasteiger charge is 2.39. The second-order valence-electron chi connectivity index (χ2n) is 8.36. The van der Waals surface area contributed by atoms with Crippen molar-refractivity contribution in [3.63, 3.8) is 0 Å². The number of carbonyl (C=O) groups excluding carboxylic acids is 1. The molecular formula is C23H29FN4O3S. The predicted molar refractivity (Wildman–Crippen MR) is 124 cm³/mol. The fraction of sp³-hybridized carbons (Fsp3) is 0.478. The molecule has 7 nitrogen and oxygen atoms in total. The molecule has 1 aromatic carbocycles. The van der Waals surface area contributed by atoms with Crippen LogP contribution in [0.25, 0.3) is 11.1 Å². The highest BCUT2D eigenvalue weighted by molar-refractivity contribution is 7.86. The van der Waals surface area contributed by atoms with Crippen LogP contribution in [-0.4, -0.2) is 39.4 Å². The molecule has 4 rings (SSSR count). The van der Waals surface area contributed by atoms with E-state index >= 15 is 0 Å². The first kappa shape index (κ1) is 22.5. The zero-order chi connectivity index (χ0) is 22.8. The molecule has 2 aliphatic rings. The summed E-state index contributed by atoms with van der Waals surface area (Å²) in [5.74, 6) is 0.476. The fourth-order valence-electron chi connectivity index (χ4n) is 4.24. The molecule has 9 heteroatoms. The Morgan fingerprint density at radius 3 is 2.81 bits per heavy atom. The molecule has 0 bridgehead atoms. The number of hydrogen-bond donors (Lipinski definition) is 2. The van der Waals surface area contributed by atoms with Gasteiger partial charge in [-0.2, -0.15) is 0 Å². The standard InChI is InChI=1S/C23H29FN4O3S/c1-3-9-32(30)27-19-12-15(11-18(24)21(19)31-2)17-10-16(13-26-22(17)25)20-5-4-8-28(20)23(29)14-6-7-14/h10-14,20,27H,3-9H2,1-2H3,(H2,25,26). The van der Waals surface area contributed by atoms with Crippen molar-refractivity contribution in [3.8, 4) is 16.9 Å². The number of nitrogens with one attached hydrogen (secondary N) is 1. The number of anilines is 2. The molecule has 1 aromatic heterocycles. The Morgan fingerprint density at radius 1 is 1.34 bits per heavy atom. The number of benzene rings is 1. The number of nitrogens with two attached hydrogens (primary N) is 1. The van der Waals surface area contributed by atoms with Gasteiger partial charge in [0.15, 0.2) is 11.6 Å². The maximum Gasteiger partial charge on any atom is 0.226 e. The van der Waals surface area contributed by atoms with E-state index in [-0.39, 0.29) is 29.4 Å². The van der Waals surface area contributed by atoms with Gasteiger partial charge >= 0.3 is 0 Å². The summed E-state index contributed by atoms with van der Waals surface area (Å²) < 4.78 is 35.1. The van der Waals surface area contributed by atoms with E-state index in [4.69, 9.17) is 10.5 Å². The largest absolute Gasteiger partial charge is 0.492 e. The highest BCUT2D eigenvalue weighted by atomic mass is 32.2. The molecule has 3 N–H and O–H groups in total. The van der Waals surface area contributed by atoms with Gasteiger partial charge in [0, 0.05) is 30.0 Å². The van der Waals surface area contributed by atoms with Crippen LogP contribution >= 0.6 is 0 Å². The van der Waals surface area contributed by atoms with Gasteiger partial charge in [0.2, 0.25) is 5.91 Å². The number of aromatic nitrogens is 1. The van der Waals surface area contributed by atoms with E-state index in [0.717, 1.165) is 44.2 Å². The van der Waals surface area contributed by atoms with Gasteiger partial charge in [0.1, 0.15) is 16.8 Å². The van der Waals surface area contributed by atoms with Gasteiger partial charge < -0.3 is 20.1 Å². The number of likely N-dealkylation sites (tertiary alicyclic amines) is 1. The van der Waals surface area contributed by atoms with Crippen molar-refractivity contribution in [2.75, 3.05) is 29.9 Å². The first-order chi connectivity index (χ1) is 15.4. The van der Waals surface area contributed by atoms with Crippen molar-refractivity contribution < 1.29 is 18.1 Å². The normalized spacial score (nSPS) is 19.1. The smallest absolute Gasteiger partial charge is 0.226 e. The molecule has 0 spiro atoms. The third-order valence-electron chi connectivity index (χ3n) is 5.96. The van der Waals surface area contributed by atoms with Crippen LogP contribution in [0, 0.1) is 11.7 Å². The van der Waals surface area contributed by atoms with Crippen molar-refractivity contribution in [1.29, 1.82) is 0 Å². The van der Waals surface area contributed by atoms with Crippen LogP contribution < -0.4 is 15.2 Å². The maximum atomic E-state index is 14.9. The number of methoxy groups -OCH3 is 1. The third-order valence-corrected chi connectivity index (χ3v) is 7.19. The van der Waals surface area contributed by atoms with Crippen molar-refractivity contribution in [2.24, 2.45) is 5.92 Å². The summed E-state index contributed by atoms with van der Waals surface area (Å²) in [6.45, 7) is 2.67. The van der Waals surface area contributed by atoms with Crippen molar-refractivity contribution in [3.05, 3.63) is 35.8 Å². The number of rotatable bonds is 8. The number of pyridine rings is 1. The topological polar surface area (TPSA) is 97.6 Å². The van der Waals surface area contributed by atoms with Crippen molar-refractivity contribution in [2.45, 2.75) is 45.1 Å². The summed E-state index contributed by atoms with van der Waals surface area (Å²) in [5, 5.41) is 0. The predicted octanol–water partition coefficient (Wildman–Crippen LogP) is 4.04. The summed E-state index contributed by atoms with van der Waals surface area (Å²) in [6, 6.07) is 4.85. The minimum atomic E-state index is -1.36. The molecule has 2 heterocycles. The first-order valence-corrected chi connectivity index (χ1v) is 12.3. The SMILES string of the molecule is CCCS(=O)Nc1cc(-c2cc(C3CCCN3C(=O)C3CC3)cnc2N)cc(F)c1OC. The van der Waals surface area contributed by atoms with E-state index in [9.17, 15) is 13.4 Å². The molecule has 2 aromatic rings. The Morgan fingerprint density at radius 2 is 2.12 bits per heavy atom. The van der Waals surface area contributed by atoms with Crippen LogP contribution in [0.4, 0.5) is 15.9 Å². The van der Waals surface area contributed by atoms with Gasteiger partial charge in [-0.15, -0.1) is 0 Å². The Hall–Kier alpha value is -2.68. The zero-order valence-electron chi connectivity index (χ0n) is 18.4. The number of carbonyl (C=O) groups is 1. The van der Waals surface area contributed by atoms with Crippen LogP contribution in [-0.2, 0) is 15.8 Å². The number of halogens is 1. The molecule has 2 fully saturated rings. The van der Waals surface area contributed by atoms with E-state index < -0.39 is 16.8 Å². The van der Waals surface area contributed by atoms with E-state index in [1.807, 2.05) is 17.9 Å². The summed E-state index contributed by atoms with van der Waals surface area (Å²) in [7, 11) is 0.00526. The highest BCUT2D eigenvalue weighted by Crippen LogP contribution is 2.41. The molecule has 1 saturated heterocycles. The molecule has 172 valence electrons. The number of nitrogen functional groups attached to an aromatic ring is 1. The first-order valence-electron chi connectivity index (χ1n) is 11.0. The average Bonchev–Trinajstić information content (AvgIpc) is 3.50. The number of ether oxygens (including phenoxy) is 1. The number of nitrogens with zero attached hydrogens (tertiary/aromatic N) is 2. The van der Waals surface area contributed by atoms with Crippen molar-refractivity contribution in [1.82, 2.24) is 9.88 Å². The molecular weight excluding hydrogens is 431 g/mol. The van der Waals surface area contributed by atoms with Crippen LogP contribution in [0.3, 0.4) is 0 Å². The van der Waals surface area contributed by atoms with E-state index in [0.29, 0.717) is 22.6 Å². The number of hydrogen-bond acceptors (Lipinski definition) is 5. The zero-order valence-corrected chi connectivity index (χ0v) is 19.2. The second-order valence-corrected chi connectivity index (χ2v) is 9.66. The lowest BCUT2D eigenvalue weighted by Crippen LogP contribution is -2.31. The molecule has 2 atom stereocenters. The van der Waals surface area contributed by atoms with Gasteiger partial charge in [0.05, 0.1) is 18.8 Å². The molecule has 0 radical (unpaired) electrons. The molecule has 32 heavy (non-hydrogen) atoms. The summed E-state index contributed by atoms with van der Waals surface area (Å²) in [5.41, 5.74) is 8.43. The van der Waals surface area contributed by atoms with Gasteiger partial charge in [-0.25, -0.2) is 13.6 Å². The van der Waals surface area contributed by atoms with E-state index in [1.54, 1.807) is 12.3 Å². The van der Waals surface area contributed by atoms with Crippen molar-refractivity contribution >= 4 is 28.4 Å². The quantitative estimate of drug-likeness (QED) is 0.620. The molecule has 2 unspecified atom stereocenters. The van der Waals surface area contributed by atoms with E-state index in [1.165, 1.54) is 13.2 Å². The van der Waals surface area contributed by atoms with Gasteiger partial charge in [-0.1, -0.05) is 6.92 Å². The number of amides is 1. The van der Waals surface area contributed by atoms with E-state index in [2.05, 4.69) is 9.71 Å². The fourth-order valence-corrected chi connectivity index (χ4v) is 5.11. The van der Waals surface area contributed by atoms with Crippen LogP contribution in [0.15, 0.2) is 24.4 Å². The Balaban J connectivity index is 1.69. The van der Waals surface area contributed by atoms with Crippen LogP contribution in [0.5, 0.6) is 5.75 Å². The average molecular weight is 461 g/mol. The lowest BCUT2D eigenvalue weighted by Gasteiger charge is -2.25. The van der Waals surface area contributed by atoms with Gasteiger partial charge in [-0.05, 0) is 61.4 Å². The molecule has 1 amide bonds. The van der Waals surface area contributed by atoms with Gasteiger partial charge in [0.25, 0.3) is 0 Å². The van der Waals surface area contributed by atoms with Crippen LogP contribution in [0.1, 0.15) is 50.6 Å². The Labute approximate surface area is 190 Å².